The van der Waals surface area contributed by atoms with Crippen LogP contribution in [0.15, 0.2) is 4.52 Å². The molecule has 0 saturated heterocycles. The van der Waals surface area contributed by atoms with Gasteiger partial charge in [0.05, 0.1) is 6.04 Å². The van der Waals surface area contributed by atoms with Crippen molar-refractivity contribution < 1.29 is 4.52 Å². The fraction of sp³-hybridized carbons (Fsp3) is 0.818. The van der Waals surface area contributed by atoms with Crippen LogP contribution in [-0.4, -0.2) is 10.1 Å². The molecule has 1 aromatic rings. The van der Waals surface area contributed by atoms with E-state index in [-0.39, 0.29) is 11.5 Å². The zero-order chi connectivity index (χ0) is 11.6. The average Bonchev–Trinajstić information content (AvgIpc) is 2.48. The van der Waals surface area contributed by atoms with E-state index in [0.717, 1.165) is 12.2 Å². The summed E-state index contributed by atoms with van der Waals surface area (Å²) in [4.78, 5) is 4.31. The average molecular weight is 211 g/mol. The Morgan fingerprint density at radius 1 is 1.33 bits per heavy atom. The van der Waals surface area contributed by atoms with Crippen LogP contribution in [0.3, 0.4) is 0 Å². The van der Waals surface area contributed by atoms with E-state index in [9.17, 15) is 0 Å². The summed E-state index contributed by atoms with van der Waals surface area (Å²) in [5.41, 5.74) is 6.09. The van der Waals surface area contributed by atoms with Crippen molar-refractivity contribution in [3.63, 3.8) is 0 Å². The molecule has 0 saturated carbocycles. The second kappa shape index (κ2) is 4.31. The summed E-state index contributed by atoms with van der Waals surface area (Å²) in [7, 11) is 0. The van der Waals surface area contributed by atoms with Crippen LogP contribution >= 0.6 is 0 Å². The van der Waals surface area contributed by atoms with Crippen molar-refractivity contribution in [2.24, 2.45) is 17.1 Å². The second-order valence-corrected chi connectivity index (χ2v) is 5.56. The summed E-state index contributed by atoms with van der Waals surface area (Å²) >= 11 is 0. The maximum Gasteiger partial charge on any atom is 0.243 e. The van der Waals surface area contributed by atoms with Gasteiger partial charge in [-0.25, -0.2) is 0 Å². The van der Waals surface area contributed by atoms with Crippen molar-refractivity contribution in [2.75, 3.05) is 0 Å². The second-order valence-electron chi connectivity index (χ2n) is 5.56. The van der Waals surface area contributed by atoms with Gasteiger partial charge in [-0.2, -0.15) is 4.98 Å². The maximum absolute atomic E-state index is 5.92. The van der Waals surface area contributed by atoms with E-state index in [0.29, 0.717) is 11.8 Å². The van der Waals surface area contributed by atoms with E-state index in [4.69, 9.17) is 10.3 Å². The van der Waals surface area contributed by atoms with Crippen LogP contribution in [0.1, 0.15) is 52.4 Å². The predicted molar refractivity (Wildman–Crippen MR) is 59.2 cm³/mol. The maximum atomic E-state index is 5.92. The first kappa shape index (κ1) is 12.2. The molecule has 1 heterocycles. The van der Waals surface area contributed by atoms with E-state index in [1.165, 1.54) is 0 Å². The third kappa shape index (κ3) is 3.63. The van der Waals surface area contributed by atoms with E-state index in [1.807, 2.05) is 13.8 Å². The van der Waals surface area contributed by atoms with Gasteiger partial charge in [0.25, 0.3) is 0 Å². The van der Waals surface area contributed by atoms with Gasteiger partial charge < -0.3 is 10.3 Å². The Kier molecular flexibility index (Phi) is 3.50. The van der Waals surface area contributed by atoms with Gasteiger partial charge in [0.2, 0.25) is 5.89 Å². The SMILES string of the molecule is CC(C)[C@@H](N)c1nc(CC(C)(C)C)no1. The third-order valence-electron chi connectivity index (χ3n) is 2.18. The number of hydrogen-bond acceptors (Lipinski definition) is 4. The summed E-state index contributed by atoms with van der Waals surface area (Å²) in [6.45, 7) is 10.5. The lowest BCUT2D eigenvalue weighted by molar-refractivity contribution is 0.317. The largest absolute Gasteiger partial charge is 0.338 e. The standard InChI is InChI=1S/C11H21N3O/c1-7(2)9(12)10-13-8(14-15-10)6-11(3,4)5/h7,9H,6,12H2,1-5H3/t9-/m1/s1. The summed E-state index contributed by atoms with van der Waals surface area (Å²) in [5, 5.41) is 3.94. The van der Waals surface area contributed by atoms with E-state index < -0.39 is 0 Å². The molecule has 15 heavy (non-hydrogen) atoms. The van der Waals surface area contributed by atoms with Gasteiger partial charge in [-0.3, -0.25) is 0 Å². The van der Waals surface area contributed by atoms with Crippen LogP contribution in [0.25, 0.3) is 0 Å². The molecule has 1 atom stereocenters. The Bertz CT molecular complexity index is 312. The number of aromatic nitrogens is 2. The minimum atomic E-state index is -0.161. The lowest BCUT2D eigenvalue weighted by Gasteiger charge is -2.14. The van der Waals surface area contributed by atoms with Crippen molar-refractivity contribution in [1.82, 2.24) is 10.1 Å². The lowest BCUT2D eigenvalue weighted by atomic mass is 9.92. The number of hydrogen-bond donors (Lipinski definition) is 1. The van der Waals surface area contributed by atoms with Gasteiger partial charge in [-0.1, -0.05) is 39.8 Å². The fourth-order valence-corrected chi connectivity index (χ4v) is 1.23. The molecule has 0 aliphatic heterocycles. The molecule has 0 unspecified atom stereocenters. The summed E-state index contributed by atoms with van der Waals surface area (Å²) in [6, 6.07) is -0.161. The summed E-state index contributed by atoms with van der Waals surface area (Å²) < 4.78 is 5.15. The molecule has 2 N–H and O–H groups in total. The topological polar surface area (TPSA) is 64.9 Å². The van der Waals surface area contributed by atoms with Crippen molar-refractivity contribution in [1.29, 1.82) is 0 Å². The highest BCUT2D eigenvalue weighted by atomic mass is 16.5. The quantitative estimate of drug-likeness (QED) is 0.833. The van der Waals surface area contributed by atoms with Crippen LogP contribution < -0.4 is 5.73 Å². The smallest absolute Gasteiger partial charge is 0.243 e. The van der Waals surface area contributed by atoms with Gasteiger partial charge in [-0.15, -0.1) is 0 Å². The number of rotatable bonds is 3. The summed E-state index contributed by atoms with van der Waals surface area (Å²) in [6.07, 6.45) is 0.807. The highest BCUT2D eigenvalue weighted by Crippen LogP contribution is 2.21. The predicted octanol–water partition coefficient (Wildman–Crippen LogP) is 2.31. The third-order valence-corrected chi connectivity index (χ3v) is 2.18. The Morgan fingerprint density at radius 2 is 1.93 bits per heavy atom. The molecule has 1 rings (SSSR count). The van der Waals surface area contributed by atoms with Gasteiger partial charge in [-0.05, 0) is 11.3 Å². The van der Waals surface area contributed by atoms with Gasteiger partial charge >= 0.3 is 0 Å². The molecule has 0 amide bonds. The first-order valence-corrected chi connectivity index (χ1v) is 5.37. The van der Waals surface area contributed by atoms with Crippen LogP contribution in [0, 0.1) is 11.3 Å². The van der Waals surface area contributed by atoms with Crippen molar-refractivity contribution >= 4 is 0 Å². The molecular formula is C11H21N3O. The van der Waals surface area contributed by atoms with Crippen LogP contribution in [0.4, 0.5) is 0 Å². The van der Waals surface area contributed by atoms with Gasteiger partial charge in [0, 0.05) is 6.42 Å². The number of nitrogens with zero attached hydrogens (tertiary/aromatic N) is 2. The molecule has 0 radical (unpaired) electrons. The van der Waals surface area contributed by atoms with Gasteiger partial charge in [0.1, 0.15) is 0 Å². The Labute approximate surface area is 91.2 Å². The number of nitrogens with two attached hydrogens (primary N) is 1. The lowest BCUT2D eigenvalue weighted by Crippen LogP contribution is -2.17. The summed E-state index contributed by atoms with van der Waals surface area (Å²) in [5.74, 6) is 1.60. The zero-order valence-electron chi connectivity index (χ0n) is 10.2. The van der Waals surface area contributed by atoms with Crippen LogP contribution in [0.2, 0.25) is 0 Å². The zero-order valence-corrected chi connectivity index (χ0v) is 10.2. The molecule has 0 fully saturated rings. The van der Waals surface area contributed by atoms with Gasteiger partial charge in [0.15, 0.2) is 5.82 Å². The minimum absolute atomic E-state index is 0.161. The highest BCUT2D eigenvalue weighted by molar-refractivity contribution is 4.94. The monoisotopic (exact) mass is 211 g/mol. The molecule has 0 aliphatic carbocycles. The Morgan fingerprint density at radius 3 is 2.40 bits per heavy atom. The molecule has 0 bridgehead atoms. The normalized spacial score (nSPS) is 14.6. The molecule has 86 valence electrons. The Balaban J connectivity index is 2.72. The minimum Gasteiger partial charge on any atom is -0.338 e. The first-order chi connectivity index (χ1) is 6.79. The van der Waals surface area contributed by atoms with Crippen LogP contribution in [0.5, 0.6) is 0 Å². The highest BCUT2D eigenvalue weighted by Gasteiger charge is 2.20. The molecule has 4 heteroatoms. The molecule has 1 aromatic heterocycles. The first-order valence-electron chi connectivity index (χ1n) is 5.37. The molecular weight excluding hydrogens is 190 g/mol. The van der Waals surface area contributed by atoms with E-state index >= 15 is 0 Å². The Hall–Kier alpha value is -0.900. The van der Waals surface area contributed by atoms with Crippen LogP contribution in [-0.2, 0) is 6.42 Å². The van der Waals surface area contributed by atoms with Crippen molar-refractivity contribution in [3.8, 4) is 0 Å². The fourth-order valence-electron chi connectivity index (χ4n) is 1.23. The van der Waals surface area contributed by atoms with Crippen molar-refractivity contribution in [2.45, 2.75) is 47.1 Å². The molecule has 0 spiro atoms. The molecule has 0 aromatic carbocycles. The molecule has 4 nitrogen and oxygen atoms in total. The molecule has 0 aliphatic rings. The van der Waals surface area contributed by atoms with Crippen molar-refractivity contribution in [3.05, 3.63) is 11.7 Å². The van der Waals surface area contributed by atoms with E-state index in [2.05, 4.69) is 30.9 Å². The van der Waals surface area contributed by atoms with E-state index in [1.54, 1.807) is 0 Å².